The standard InChI is InChI=1S/C10H21NO/c1-4-9(8-5-6-8)11-7-10(2,3)12/h8-9,11-12H,4-7H2,1-3H3. The lowest BCUT2D eigenvalue weighted by Crippen LogP contribution is -2.41. The molecule has 0 bridgehead atoms. The van der Waals surface area contributed by atoms with Crippen molar-refractivity contribution in [3.8, 4) is 0 Å². The molecule has 12 heavy (non-hydrogen) atoms. The summed E-state index contributed by atoms with van der Waals surface area (Å²) in [4.78, 5) is 0. The first-order valence-corrected chi connectivity index (χ1v) is 4.98. The van der Waals surface area contributed by atoms with Gasteiger partial charge in [-0.3, -0.25) is 0 Å². The van der Waals surface area contributed by atoms with Crippen LogP contribution in [0.25, 0.3) is 0 Å². The molecular formula is C10H21NO. The summed E-state index contributed by atoms with van der Waals surface area (Å²) >= 11 is 0. The van der Waals surface area contributed by atoms with Gasteiger partial charge in [-0.15, -0.1) is 0 Å². The normalized spacial score (nSPS) is 21.0. The molecule has 1 rings (SSSR count). The van der Waals surface area contributed by atoms with E-state index in [9.17, 15) is 5.11 Å². The minimum Gasteiger partial charge on any atom is -0.389 e. The summed E-state index contributed by atoms with van der Waals surface area (Å²) in [7, 11) is 0. The lowest BCUT2D eigenvalue weighted by Gasteiger charge is -2.23. The van der Waals surface area contributed by atoms with Crippen LogP contribution >= 0.6 is 0 Å². The zero-order valence-electron chi connectivity index (χ0n) is 8.43. The number of aliphatic hydroxyl groups is 1. The second kappa shape index (κ2) is 3.75. The van der Waals surface area contributed by atoms with Crippen LogP contribution in [-0.4, -0.2) is 23.3 Å². The van der Waals surface area contributed by atoms with Gasteiger partial charge in [0.25, 0.3) is 0 Å². The van der Waals surface area contributed by atoms with Gasteiger partial charge in [0.2, 0.25) is 0 Å². The highest BCUT2D eigenvalue weighted by Gasteiger charge is 2.30. The summed E-state index contributed by atoms with van der Waals surface area (Å²) in [5, 5.41) is 12.9. The van der Waals surface area contributed by atoms with E-state index in [1.54, 1.807) is 0 Å². The van der Waals surface area contributed by atoms with Gasteiger partial charge in [-0.1, -0.05) is 6.92 Å². The Bertz CT molecular complexity index is 135. The minimum atomic E-state index is -0.567. The summed E-state index contributed by atoms with van der Waals surface area (Å²) in [6.07, 6.45) is 3.93. The second-order valence-electron chi connectivity index (χ2n) is 4.55. The van der Waals surface area contributed by atoms with Crippen molar-refractivity contribution >= 4 is 0 Å². The molecule has 2 N–H and O–H groups in total. The van der Waals surface area contributed by atoms with Gasteiger partial charge in [0.15, 0.2) is 0 Å². The van der Waals surface area contributed by atoms with Crippen LogP contribution < -0.4 is 5.32 Å². The van der Waals surface area contributed by atoms with Crippen molar-refractivity contribution in [3.05, 3.63) is 0 Å². The van der Waals surface area contributed by atoms with E-state index in [2.05, 4.69) is 12.2 Å². The van der Waals surface area contributed by atoms with Crippen LogP contribution in [0.2, 0.25) is 0 Å². The maximum atomic E-state index is 9.50. The summed E-state index contributed by atoms with van der Waals surface area (Å²) in [6.45, 7) is 6.61. The summed E-state index contributed by atoms with van der Waals surface area (Å²) < 4.78 is 0. The van der Waals surface area contributed by atoms with Gasteiger partial charge < -0.3 is 10.4 Å². The molecule has 2 nitrogen and oxygen atoms in total. The Kier molecular flexibility index (Phi) is 3.13. The van der Waals surface area contributed by atoms with Crippen molar-refractivity contribution in [1.82, 2.24) is 5.32 Å². The monoisotopic (exact) mass is 171 g/mol. The first-order chi connectivity index (χ1) is 5.53. The fourth-order valence-corrected chi connectivity index (χ4v) is 1.52. The van der Waals surface area contributed by atoms with E-state index in [1.807, 2.05) is 13.8 Å². The van der Waals surface area contributed by atoms with Crippen molar-refractivity contribution in [2.75, 3.05) is 6.54 Å². The Morgan fingerprint density at radius 2 is 2.08 bits per heavy atom. The van der Waals surface area contributed by atoms with E-state index in [0.29, 0.717) is 12.6 Å². The Labute approximate surface area is 75.4 Å². The Morgan fingerprint density at radius 3 is 2.42 bits per heavy atom. The average Bonchev–Trinajstić information content (AvgIpc) is 2.70. The summed E-state index contributed by atoms with van der Waals surface area (Å²) in [5.74, 6) is 0.886. The Hall–Kier alpha value is -0.0800. The quantitative estimate of drug-likeness (QED) is 0.657. The third-order valence-corrected chi connectivity index (χ3v) is 2.43. The molecule has 0 aromatic rings. The Morgan fingerprint density at radius 1 is 1.50 bits per heavy atom. The third-order valence-electron chi connectivity index (χ3n) is 2.43. The summed E-state index contributed by atoms with van der Waals surface area (Å²) in [5.41, 5.74) is -0.567. The zero-order valence-corrected chi connectivity index (χ0v) is 8.43. The van der Waals surface area contributed by atoms with Gasteiger partial charge in [0, 0.05) is 12.6 Å². The molecule has 0 radical (unpaired) electrons. The average molecular weight is 171 g/mol. The van der Waals surface area contributed by atoms with Crippen LogP contribution in [-0.2, 0) is 0 Å². The first kappa shape index (κ1) is 10.0. The maximum absolute atomic E-state index is 9.50. The fourth-order valence-electron chi connectivity index (χ4n) is 1.52. The summed E-state index contributed by atoms with van der Waals surface area (Å²) in [6, 6.07) is 0.636. The van der Waals surface area contributed by atoms with Crippen molar-refractivity contribution in [1.29, 1.82) is 0 Å². The Balaban J connectivity index is 2.19. The van der Waals surface area contributed by atoms with Crippen LogP contribution in [0.1, 0.15) is 40.0 Å². The smallest absolute Gasteiger partial charge is 0.0715 e. The van der Waals surface area contributed by atoms with Gasteiger partial charge in [0.05, 0.1) is 5.60 Å². The van der Waals surface area contributed by atoms with Crippen LogP contribution in [0.15, 0.2) is 0 Å². The molecule has 0 aliphatic heterocycles. The van der Waals surface area contributed by atoms with E-state index in [-0.39, 0.29) is 0 Å². The lowest BCUT2D eigenvalue weighted by molar-refractivity contribution is 0.0752. The van der Waals surface area contributed by atoms with E-state index >= 15 is 0 Å². The highest BCUT2D eigenvalue weighted by molar-refractivity contribution is 4.86. The first-order valence-electron chi connectivity index (χ1n) is 4.98. The van der Waals surface area contributed by atoms with Crippen LogP contribution in [0, 0.1) is 5.92 Å². The number of hydrogen-bond donors (Lipinski definition) is 2. The molecule has 0 heterocycles. The van der Waals surface area contributed by atoms with Crippen LogP contribution in [0.5, 0.6) is 0 Å². The number of rotatable bonds is 5. The van der Waals surface area contributed by atoms with Crippen molar-refractivity contribution in [3.63, 3.8) is 0 Å². The second-order valence-corrected chi connectivity index (χ2v) is 4.55. The lowest BCUT2D eigenvalue weighted by atomic mass is 10.1. The molecule has 1 saturated carbocycles. The number of nitrogens with one attached hydrogen (secondary N) is 1. The maximum Gasteiger partial charge on any atom is 0.0715 e. The van der Waals surface area contributed by atoms with Gasteiger partial charge in [-0.25, -0.2) is 0 Å². The molecule has 1 unspecified atom stereocenters. The van der Waals surface area contributed by atoms with Gasteiger partial charge in [0.1, 0.15) is 0 Å². The minimum absolute atomic E-state index is 0.567. The predicted molar refractivity (Wildman–Crippen MR) is 51.1 cm³/mol. The van der Waals surface area contributed by atoms with Crippen LogP contribution in [0.4, 0.5) is 0 Å². The molecule has 72 valence electrons. The topological polar surface area (TPSA) is 32.3 Å². The third kappa shape index (κ3) is 3.55. The molecule has 2 heteroatoms. The highest BCUT2D eigenvalue weighted by Crippen LogP contribution is 2.33. The zero-order chi connectivity index (χ0) is 9.19. The molecule has 1 atom stereocenters. The molecule has 0 saturated heterocycles. The van der Waals surface area contributed by atoms with Gasteiger partial charge in [-0.2, -0.15) is 0 Å². The van der Waals surface area contributed by atoms with E-state index in [0.717, 1.165) is 5.92 Å². The van der Waals surface area contributed by atoms with E-state index < -0.39 is 5.60 Å². The van der Waals surface area contributed by atoms with E-state index in [4.69, 9.17) is 0 Å². The molecule has 0 amide bonds. The molecule has 0 spiro atoms. The number of hydrogen-bond acceptors (Lipinski definition) is 2. The van der Waals surface area contributed by atoms with Crippen molar-refractivity contribution in [2.45, 2.75) is 51.7 Å². The SMILES string of the molecule is CCC(NCC(C)(C)O)C1CC1. The van der Waals surface area contributed by atoms with Crippen LogP contribution in [0.3, 0.4) is 0 Å². The highest BCUT2D eigenvalue weighted by atomic mass is 16.3. The fraction of sp³-hybridized carbons (Fsp3) is 1.00. The molecule has 1 fully saturated rings. The molecule has 0 aromatic heterocycles. The van der Waals surface area contributed by atoms with Crippen molar-refractivity contribution < 1.29 is 5.11 Å². The predicted octanol–water partition coefficient (Wildman–Crippen LogP) is 1.54. The van der Waals surface area contributed by atoms with E-state index in [1.165, 1.54) is 19.3 Å². The molecule has 1 aliphatic carbocycles. The van der Waals surface area contributed by atoms with Crippen molar-refractivity contribution in [2.24, 2.45) is 5.92 Å². The van der Waals surface area contributed by atoms with Gasteiger partial charge >= 0.3 is 0 Å². The molecular weight excluding hydrogens is 150 g/mol. The molecule has 0 aromatic carbocycles. The van der Waals surface area contributed by atoms with Gasteiger partial charge in [-0.05, 0) is 39.0 Å². The molecule has 1 aliphatic rings. The largest absolute Gasteiger partial charge is 0.389 e.